The molecule has 1 aromatic carbocycles. The Labute approximate surface area is 112 Å². The first-order chi connectivity index (χ1) is 9.19. The molecular weight excluding hydrogens is 240 g/mol. The molecule has 1 heterocycles. The number of para-hydroxylation sites is 1. The summed E-state index contributed by atoms with van der Waals surface area (Å²) in [4.78, 5) is 15.9. The summed E-state index contributed by atoms with van der Waals surface area (Å²) < 4.78 is 0. The summed E-state index contributed by atoms with van der Waals surface area (Å²) in [5.41, 5.74) is 1.11. The van der Waals surface area contributed by atoms with E-state index in [4.69, 9.17) is 10.5 Å². The van der Waals surface area contributed by atoms with Gasteiger partial charge in [-0.15, -0.1) is 0 Å². The molecule has 5 heteroatoms. The van der Waals surface area contributed by atoms with Crippen molar-refractivity contribution in [2.75, 3.05) is 25.0 Å². The van der Waals surface area contributed by atoms with Crippen LogP contribution in [0, 0.1) is 22.7 Å². The van der Waals surface area contributed by atoms with Crippen molar-refractivity contribution < 1.29 is 4.79 Å². The number of nitriles is 2. The highest BCUT2D eigenvalue weighted by Gasteiger charge is 2.33. The summed E-state index contributed by atoms with van der Waals surface area (Å²) in [6, 6.07) is 10.8. The van der Waals surface area contributed by atoms with E-state index < -0.39 is 6.04 Å². The van der Waals surface area contributed by atoms with Crippen molar-refractivity contribution in [3.63, 3.8) is 0 Å². The second-order valence-electron chi connectivity index (χ2n) is 4.48. The Morgan fingerprint density at radius 2 is 2.05 bits per heavy atom. The van der Waals surface area contributed by atoms with E-state index in [0.717, 1.165) is 0 Å². The highest BCUT2D eigenvalue weighted by molar-refractivity contribution is 5.99. The van der Waals surface area contributed by atoms with Gasteiger partial charge in [-0.3, -0.25) is 9.69 Å². The zero-order valence-corrected chi connectivity index (χ0v) is 10.7. The average Bonchev–Trinajstić information content (AvgIpc) is 2.43. The molecule has 1 fully saturated rings. The normalized spacial score (nSPS) is 19.8. The Morgan fingerprint density at radius 3 is 2.74 bits per heavy atom. The predicted octanol–water partition coefficient (Wildman–Crippen LogP) is 1.12. The van der Waals surface area contributed by atoms with E-state index in [9.17, 15) is 4.79 Å². The van der Waals surface area contributed by atoms with E-state index in [-0.39, 0.29) is 12.3 Å². The molecule has 1 saturated heterocycles. The third-order valence-corrected chi connectivity index (χ3v) is 3.36. The molecule has 1 aromatic rings. The van der Waals surface area contributed by atoms with Crippen molar-refractivity contribution in [1.82, 2.24) is 4.90 Å². The lowest BCUT2D eigenvalue weighted by Gasteiger charge is -2.38. The van der Waals surface area contributed by atoms with Gasteiger partial charge in [0.1, 0.15) is 12.1 Å². The third kappa shape index (κ3) is 2.42. The van der Waals surface area contributed by atoms with E-state index in [0.29, 0.717) is 24.3 Å². The van der Waals surface area contributed by atoms with Crippen LogP contribution in [0.5, 0.6) is 0 Å². The minimum absolute atomic E-state index is 0.113. The fraction of sp³-hybridized carbons (Fsp3) is 0.357. The van der Waals surface area contributed by atoms with Crippen LogP contribution in [0.4, 0.5) is 5.69 Å². The number of anilines is 1. The monoisotopic (exact) mass is 254 g/mol. The number of rotatable bonds is 2. The van der Waals surface area contributed by atoms with Gasteiger partial charge in [-0.05, 0) is 19.2 Å². The highest BCUT2D eigenvalue weighted by Crippen LogP contribution is 2.24. The average molecular weight is 254 g/mol. The molecule has 0 spiro atoms. The lowest BCUT2D eigenvalue weighted by atomic mass is 10.1. The molecule has 1 unspecified atom stereocenters. The summed E-state index contributed by atoms with van der Waals surface area (Å²) in [6.45, 7) is 1.23. The molecule has 1 aliphatic rings. The van der Waals surface area contributed by atoms with Crippen molar-refractivity contribution >= 4 is 11.6 Å². The number of benzene rings is 1. The van der Waals surface area contributed by atoms with Crippen LogP contribution in [0.1, 0.15) is 12.0 Å². The van der Waals surface area contributed by atoms with E-state index in [1.54, 1.807) is 29.2 Å². The van der Waals surface area contributed by atoms with Crippen LogP contribution in [0.25, 0.3) is 0 Å². The zero-order chi connectivity index (χ0) is 13.8. The molecule has 0 aliphatic carbocycles. The number of hydrogen-bond donors (Lipinski definition) is 0. The van der Waals surface area contributed by atoms with Gasteiger partial charge in [0.15, 0.2) is 0 Å². The maximum atomic E-state index is 12.4. The first kappa shape index (κ1) is 13.1. The van der Waals surface area contributed by atoms with Gasteiger partial charge in [0.05, 0.1) is 23.7 Å². The van der Waals surface area contributed by atoms with Crippen LogP contribution in [0.2, 0.25) is 0 Å². The molecule has 0 aromatic heterocycles. The molecule has 0 bridgehead atoms. The fourth-order valence-electron chi connectivity index (χ4n) is 2.26. The lowest BCUT2D eigenvalue weighted by Crippen LogP contribution is -2.55. The standard InChI is InChI=1S/C14H14N4O/c1-17-8-9-18(14(19)13(17)6-7-15)12-5-3-2-4-11(12)10-16/h2-5,13H,6,8-9H2,1H3. The topological polar surface area (TPSA) is 71.1 Å². The van der Waals surface area contributed by atoms with Crippen molar-refractivity contribution in [2.24, 2.45) is 0 Å². The van der Waals surface area contributed by atoms with Crippen LogP contribution in [-0.4, -0.2) is 37.0 Å². The first-order valence-electron chi connectivity index (χ1n) is 6.06. The van der Waals surface area contributed by atoms with Gasteiger partial charge >= 0.3 is 0 Å². The molecule has 2 rings (SSSR count). The summed E-state index contributed by atoms with van der Waals surface area (Å²) in [6.07, 6.45) is 0.167. The van der Waals surface area contributed by atoms with Gasteiger partial charge < -0.3 is 4.90 Å². The molecule has 1 aliphatic heterocycles. The van der Waals surface area contributed by atoms with Crippen LogP contribution in [-0.2, 0) is 4.79 Å². The molecular formula is C14H14N4O. The van der Waals surface area contributed by atoms with E-state index in [1.165, 1.54) is 0 Å². The molecule has 0 radical (unpaired) electrons. The molecule has 1 amide bonds. The number of carbonyl (C=O) groups is 1. The van der Waals surface area contributed by atoms with Crippen LogP contribution < -0.4 is 4.90 Å². The number of piperazine rings is 1. The van der Waals surface area contributed by atoms with Gasteiger partial charge in [0.25, 0.3) is 0 Å². The van der Waals surface area contributed by atoms with E-state index in [1.807, 2.05) is 18.0 Å². The Kier molecular flexibility index (Phi) is 3.79. The number of hydrogen-bond acceptors (Lipinski definition) is 4. The minimum atomic E-state index is -0.425. The highest BCUT2D eigenvalue weighted by atomic mass is 16.2. The van der Waals surface area contributed by atoms with Crippen LogP contribution in [0.3, 0.4) is 0 Å². The predicted molar refractivity (Wildman–Crippen MR) is 70.2 cm³/mol. The largest absolute Gasteiger partial charge is 0.308 e. The molecule has 19 heavy (non-hydrogen) atoms. The van der Waals surface area contributed by atoms with Crippen molar-refractivity contribution in [2.45, 2.75) is 12.5 Å². The van der Waals surface area contributed by atoms with Crippen molar-refractivity contribution in [1.29, 1.82) is 10.5 Å². The van der Waals surface area contributed by atoms with Crippen LogP contribution in [0.15, 0.2) is 24.3 Å². The van der Waals surface area contributed by atoms with E-state index >= 15 is 0 Å². The van der Waals surface area contributed by atoms with E-state index in [2.05, 4.69) is 6.07 Å². The van der Waals surface area contributed by atoms with Crippen molar-refractivity contribution in [3.05, 3.63) is 29.8 Å². The van der Waals surface area contributed by atoms with Crippen LogP contribution >= 0.6 is 0 Å². The fourth-order valence-corrected chi connectivity index (χ4v) is 2.26. The second kappa shape index (κ2) is 5.51. The summed E-state index contributed by atoms with van der Waals surface area (Å²) >= 11 is 0. The van der Waals surface area contributed by atoms with Gasteiger partial charge in [-0.2, -0.15) is 10.5 Å². The van der Waals surface area contributed by atoms with Gasteiger partial charge in [-0.25, -0.2) is 0 Å². The summed E-state index contributed by atoms with van der Waals surface area (Å²) in [5.74, 6) is -0.113. The molecule has 5 nitrogen and oxygen atoms in total. The molecule has 0 saturated carbocycles. The lowest BCUT2D eigenvalue weighted by molar-refractivity contribution is -0.125. The quantitative estimate of drug-likeness (QED) is 0.792. The van der Waals surface area contributed by atoms with Gasteiger partial charge in [0, 0.05) is 13.1 Å². The zero-order valence-electron chi connectivity index (χ0n) is 10.7. The number of amides is 1. The minimum Gasteiger partial charge on any atom is -0.308 e. The molecule has 0 N–H and O–H groups in total. The molecule has 1 atom stereocenters. The maximum Gasteiger partial charge on any atom is 0.245 e. The Bertz CT molecular complexity index is 570. The summed E-state index contributed by atoms with van der Waals surface area (Å²) in [5, 5.41) is 17.9. The number of nitrogens with zero attached hydrogens (tertiary/aromatic N) is 4. The second-order valence-corrected chi connectivity index (χ2v) is 4.48. The Hall–Kier alpha value is -2.37. The Morgan fingerprint density at radius 1 is 1.32 bits per heavy atom. The Balaban J connectivity index is 2.33. The molecule has 96 valence electrons. The maximum absolute atomic E-state index is 12.4. The third-order valence-electron chi connectivity index (χ3n) is 3.36. The smallest absolute Gasteiger partial charge is 0.245 e. The first-order valence-corrected chi connectivity index (χ1v) is 6.06. The number of carbonyl (C=O) groups excluding carboxylic acids is 1. The van der Waals surface area contributed by atoms with Crippen molar-refractivity contribution in [3.8, 4) is 12.1 Å². The van der Waals surface area contributed by atoms with Gasteiger partial charge in [-0.1, -0.05) is 12.1 Å². The summed E-state index contributed by atoms with van der Waals surface area (Å²) in [7, 11) is 1.84. The number of likely N-dealkylation sites (N-methyl/N-ethyl adjacent to an activating group) is 1. The SMILES string of the molecule is CN1CCN(c2ccccc2C#N)C(=O)C1CC#N. The van der Waals surface area contributed by atoms with Gasteiger partial charge in [0.2, 0.25) is 5.91 Å².